The second-order valence-electron chi connectivity index (χ2n) is 4.11. The van der Waals surface area contributed by atoms with Crippen molar-refractivity contribution in [3.8, 4) is 0 Å². The third-order valence-corrected chi connectivity index (χ3v) is 5.99. The molecule has 0 spiro atoms. The summed E-state index contributed by atoms with van der Waals surface area (Å²) in [5.41, 5.74) is 5.72. The van der Waals surface area contributed by atoms with Gasteiger partial charge in [-0.05, 0) is 18.6 Å². The van der Waals surface area contributed by atoms with Crippen molar-refractivity contribution < 1.29 is 8.42 Å². The first-order chi connectivity index (χ1) is 8.32. The maximum Gasteiger partial charge on any atom is 0.246 e. The average Bonchev–Trinajstić information content (AvgIpc) is 2.63. The van der Waals surface area contributed by atoms with E-state index in [4.69, 9.17) is 28.9 Å². The highest BCUT2D eigenvalue weighted by molar-refractivity contribution is 9.10. The van der Waals surface area contributed by atoms with E-state index in [1.165, 1.54) is 16.4 Å². The van der Waals surface area contributed by atoms with Crippen LogP contribution in [0, 0.1) is 0 Å². The standard InChI is InChI=1S/C10H11BrCl2N2O2S/c11-6-3-8(12)10(9(13)4-6)18(16,17)15-2-1-7(14)5-15/h3-4,7H,1-2,5,14H2. The maximum absolute atomic E-state index is 12.4. The Morgan fingerprint density at radius 2 is 1.89 bits per heavy atom. The average molecular weight is 374 g/mol. The summed E-state index contributed by atoms with van der Waals surface area (Å²) < 4.78 is 26.8. The molecule has 1 unspecified atom stereocenters. The van der Waals surface area contributed by atoms with Crippen LogP contribution in [-0.4, -0.2) is 31.9 Å². The van der Waals surface area contributed by atoms with E-state index in [0.29, 0.717) is 24.0 Å². The van der Waals surface area contributed by atoms with Crippen LogP contribution in [0.5, 0.6) is 0 Å². The van der Waals surface area contributed by atoms with E-state index in [1.54, 1.807) is 0 Å². The molecule has 0 radical (unpaired) electrons. The van der Waals surface area contributed by atoms with Crippen LogP contribution in [0.4, 0.5) is 0 Å². The minimum Gasteiger partial charge on any atom is -0.326 e. The van der Waals surface area contributed by atoms with Crippen molar-refractivity contribution in [3.05, 3.63) is 26.7 Å². The summed E-state index contributed by atoms with van der Waals surface area (Å²) in [7, 11) is -3.68. The van der Waals surface area contributed by atoms with Crippen LogP contribution in [0.15, 0.2) is 21.5 Å². The van der Waals surface area contributed by atoms with Gasteiger partial charge >= 0.3 is 0 Å². The van der Waals surface area contributed by atoms with E-state index in [0.717, 1.165) is 0 Å². The predicted octanol–water partition coefficient (Wildman–Crippen LogP) is 2.48. The first-order valence-electron chi connectivity index (χ1n) is 5.22. The number of nitrogens with two attached hydrogens (primary N) is 1. The molecule has 1 saturated heterocycles. The van der Waals surface area contributed by atoms with Gasteiger partial charge in [0, 0.05) is 23.6 Å². The molecule has 4 nitrogen and oxygen atoms in total. The molecule has 1 aromatic rings. The third-order valence-electron chi connectivity index (χ3n) is 2.75. The Morgan fingerprint density at radius 1 is 1.33 bits per heavy atom. The molecular weight excluding hydrogens is 363 g/mol. The van der Waals surface area contributed by atoms with E-state index in [2.05, 4.69) is 15.9 Å². The minimum atomic E-state index is -3.68. The number of nitrogens with zero attached hydrogens (tertiary/aromatic N) is 1. The van der Waals surface area contributed by atoms with Crippen LogP contribution in [-0.2, 0) is 10.0 Å². The largest absolute Gasteiger partial charge is 0.326 e. The Balaban J connectivity index is 2.48. The molecule has 1 aromatic carbocycles. The molecule has 0 bridgehead atoms. The van der Waals surface area contributed by atoms with Gasteiger partial charge < -0.3 is 5.73 Å². The van der Waals surface area contributed by atoms with Crippen LogP contribution >= 0.6 is 39.1 Å². The summed E-state index contributed by atoms with van der Waals surface area (Å²) in [4.78, 5) is -0.0527. The van der Waals surface area contributed by atoms with E-state index < -0.39 is 10.0 Å². The number of hydrogen-bond donors (Lipinski definition) is 1. The monoisotopic (exact) mass is 372 g/mol. The van der Waals surface area contributed by atoms with Crippen LogP contribution in [0.25, 0.3) is 0 Å². The lowest BCUT2D eigenvalue weighted by atomic mass is 10.3. The fourth-order valence-corrected chi connectivity index (χ4v) is 5.27. The topological polar surface area (TPSA) is 63.4 Å². The van der Waals surface area contributed by atoms with Gasteiger partial charge in [0.25, 0.3) is 0 Å². The molecule has 1 heterocycles. The highest BCUT2D eigenvalue weighted by atomic mass is 79.9. The fourth-order valence-electron chi connectivity index (χ4n) is 1.88. The highest BCUT2D eigenvalue weighted by Gasteiger charge is 2.34. The van der Waals surface area contributed by atoms with Crippen LogP contribution in [0.1, 0.15) is 6.42 Å². The molecule has 0 saturated carbocycles. The van der Waals surface area contributed by atoms with Crippen LogP contribution in [0.3, 0.4) is 0 Å². The number of hydrogen-bond acceptors (Lipinski definition) is 3. The minimum absolute atomic E-state index is 0.0527. The SMILES string of the molecule is NC1CCN(S(=O)(=O)c2c(Cl)cc(Br)cc2Cl)C1. The molecule has 100 valence electrons. The van der Waals surface area contributed by atoms with Gasteiger partial charge in [-0.2, -0.15) is 4.31 Å². The molecule has 1 aliphatic rings. The van der Waals surface area contributed by atoms with Crippen molar-refractivity contribution >= 4 is 49.2 Å². The Hall–Kier alpha value is 0.150. The second-order valence-corrected chi connectivity index (χ2v) is 7.72. The van der Waals surface area contributed by atoms with E-state index in [-0.39, 0.29) is 21.0 Å². The van der Waals surface area contributed by atoms with Crippen molar-refractivity contribution in [3.63, 3.8) is 0 Å². The number of halogens is 3. The van der Waals surface area contributed by atoms with Gasteiger partial charge in [-0.25, -0.2) is 8.42 Å². The van der Waals surface area contributed by atoms with Gasteiger partial charge in [-0.1, -0.05) is 39.1 Å². The van der Waals surface area contributed by atoms with Crippen molar-refractivity contribution in [2.75, 3.05) is 13.1 Å². The molecule has 1 aliphatic heterocycles. The van der Waals surface area contributed by atoms with Gasteiger partial charge in [-0.15, -0.1) is 0 Å². The Kier molecular flexibility index (Phi) is 4.26. The fraction of sp³-hybridized carbons (Fsp3) is 0.400. The van der Waals surface area contributed by atoms with E-state index >= 15 is 0 Å². The summed E-state index contributed by atoms with van der Waals surface area (Å²) in [5.74, 6) is 0. The summed E-state index contributed by atoms with van der Waals surface area (Å²) in [6, 6.07) is 2.89. The van der Waals surface area contributed by atoms with Gasteiger partial charge in [0.15, 0.2) is 0 Å². The number of benzene rings is 1. The molecule has 0 amide bonds. The molecule has 0 aliphatic carbocycles. The van der Waals surface area contributed by atoms with Crippen molar-refractivity contribution in [2.45, 2.75) is 17.4 Å². The summed E-state index contributed by atoms with van der Waals surface area (Å²) in [5, 5.41) is 0.213. The summed E-state index contributed by atoms with van der Waals surface area (Å²) in [6.07, 6.45) is 0.644. The number of sulfonamides is 1. The first-order valence-corrected chi connectivity index (χ1v) is 8.21. The van der Waals surface area contributed by atoms with Gasteiger partial charge in [0.1, 0.15) is 4.90 Å². The normalized spacial score (nSPS) is 21.4. The summed E-state index contributed by atoms with van der Waals surface area (Å²) >= 11 is 15.2. The zero-order valence-corrected chi connectivity index (χ0v) is 13.2. The van der Waals surface area contributed by atoms with Crippen molar-refractivity contribution in [1.82, 2.24) is 4.31 Å². The molecule has 0 aromatic heterocycles. The predicted molar refractivity (Wildman–Crippen MR) is 75.5 cm³/mol. The Morgan fingerprint density at radius 3 is 2.33 bits per heavy atom. The van der Waals surface area contributed by atoms with Crippen molar-refractivity contribution in [1.29, 1.82) is 0 Å². The third kappa shape index (κ3) is 2.69. The molecule has 18 heavy (non-hydrogen) atoms. The molecule has 1 atom stereocenters. The highest BCUT2D eigenvalue weighted by Crippen LogP contribution is 2.35. The van der Waals surface area contributed by atoms with Crippen LogP contribution < -0.4 is 5.73 Å². The van der Waals surface area contributed by atoms with E-state index in [1.807, 2.05) is 0 Å². The maximum atomic E-state index is 12.4. The molecular formula is C10H11BrCl2N2O2S. The quantitative estimate of drug-likeness (QED) is 0.866. The lowest BCUT2D eigenvalue weighted by Gasteiger charge is -2.18. The smallest absolute Gasteiger partial charge is 0.246 e. The summed E-state index contributed by atoms with van der Waals surface area (Å²) in [6.45, 7) is 0.692. The lowest BCUT2D eigenvalue weighted by molar-refractivity contribution is 0.472. The molecule has 2 N–H and O–H groups in total. The lowest BCUT2D eigenvalue weighted by Crippen LogP contribution is -2.32. The molecule has 1 fully saturated rings. The van der Waals surface area contributed by atoms with Gasteiger partial charge in [0.05, 0.1) is 10.0 Å². The Labute approximate surface area is 124 Å². The van der Waals surface area contributed by atoms with Gasteiger partial charge in [-0.3, -0.25) is 0 Å². The number of rotatable bonds is 2. The van der Waals surface area contributed by atoms with Crippen molar-refractivity contribution in [2.24, 2.45) is 5.73 Å². The zero-order valence-electron chi connectivity index (χ0n) is 9.24. The van der Waals surface area contributed by atoms with E-state index in [9.17, 15) is 8.42 Å². The first kappa shape index (κ1) is 14.6. The second kappa shape index (κ2) is 5.26. The molecule has 8 heteroatoms. The zero-order chi connectivity index (χ0) is 13.5. The Bertz CT molecular complexity index is 556. The molecule has 2 rings (SSSR count). The van der Waals surface area contributed by atoms with Gasteiger partial charge in [0.2, 0.25) is 10.0 Å². The van der Waals surface area contributed by atoms with Crippen LogP contribution in [0.2, 0.25) is 10.0 Å².